The monoisotopic (exact) mass is 288 g/mol. The Morgan fingerprint density at radius 3 is 2.76 bits per heavy atom. The lowest BCUT2D eigenvalue weighted by atomic mass is 10.3. The summed E-state index contributed by atoms with van der Waals surface area (Å²) >= 11 is 0. The van der Waals surface area contributed by atoms with Crippen molar-refractivity contribution in [1.82, 2.24) is 15.0 Å². The first kappa shape index (κ1) is 15.0. The van der Waals surface area contributed by atoms with Crippen molar-refractivity contribution in [2.24, 2.45) is 0 Å². The number of anilines is 4. The van der Waals surface area contributed by atoms with Crippen LogP contribution in [0.4, 0.5) is 23.1 Å². The van der Waals surface area contributed by atoms with Gasteiger partial charge in [-0.2, -0.15) is 0 Å². The number of nitrogen functional groups attached to an aromatic ring is 1. The van der Waals surface area contributed by atoms with E-state index in [0.29, 0.717) is 36.2 Å². The minimum Gasteiger partial charge on any atom is -0.395 e. The number of nitrogens with zero attached hydrogens (tertiary/aromatic N) is 4. The van der Waals surface area contributed by atoms with Crippen LogP contribution in [-0.2, 0) is 0 Å². The Morgan fingerprint density at radius 2 is 2.10 bits per heavy atom. The molecular weight excluding hydrogens is 268 g/mol. The average Bonchev–Trinajstić information content (AvgIpc) is 2.49. The maximum atomic E-state index is 9.11. The highest BCUT2D eigenvalue weighted by atomic mass is 16.3. The summed E-state index contributed by atoms with van der Waals surface area (Å²) in [7, 11) is 0. The van der Waals surface area contributed by atoms with Gasteiger partial charge < -0.3 is 21.1 Å². The largest absolute Gasteiger partial charge is 0.395 e. The van der Waals surface area contributed by atoms with Gasteiger partial charge in [0.25, 0.3) is 0 Å². The first-order valence-electron chi connectivity index (χ1n) is 6.82. The Morgan fingerprint density at radius 1 is 1.29 bits per heavy atom. The molecule has 2 rings (SSSR count). The number of nitrogens with two attached hydrogens (primary N) is 1. The maximum Gasteiger partial charge on any atom is 0.160 e. The number of hydrogen-bond donors (Lipinski definition) is 3. The summed E-state index contributed by atoms with van der Waals surface area (Å²) in [5.74, 6) is 1.83. The summed E-state index contributed by atoms with van der Waals surface area (Å²) in [6.45, 7) is 5.15. The predicted molar refractivity (Wildman–Crippen MR) is 83.7 cm³/mol. The van der Waals surface area contributed by atoms with Gasteiger partial charge in [0.1, 0.15) is 17.8 Å². The van der Waals surface area contributed by atoms with Gasteiger partial charge in [-0.1, -0.05) is 6.07 Å². The predicted octanol–water partition coefficient (Wildman–Crippen LogP) is 1.32. The van der Waals surface area contributed by atoms with Crippen molar-refractivity contribution in [1.29, 1.82) is 0 Å². The molecule has 2 heterocycles. The van der Waals surface area contributed by atoms with E-state index in [4.69, 9.17) is 10.8 Å². The molecule has 2 aromatic heterocycles. The highest BCUT2D eigenvalue weighted by Gasteiger charge is 2.14. The number of likely N-dealkylation sites (N-methyl/N-ethyl adjacent to an activating group) is 1. The van der Waals surface area contributed by atoms with E-state index in [2.05, 4.69) is 20.3 Å². The molecule has 4 N–H and O–H groups in total. The molecule has 21 heavy (non-hydrogen) atoms. The molecule has 0 aromatic carbocycles. The average molecular weight is 288 g/mol. The molecule has 7 nitrogen and oxygen atoms in total. The summed E-state index contributed by atoms with van der Waals surface area (Å²) in [5.41, 5.74) is 7.59. The third-order valence-electron chi connectivity index (χ3n) is 3.16. The summed E-state index contributed by atoms with van der Waals surface area (Å²) in [6, 6.07) is 3.83. The van der Waals surface area contributed by atoms with Gasteiger partial charge in [-0.25, -0.2) is 15.0 Å². The van der Waals surface area contributed by atoms with E-state index in [9.17, 15) is 0 Å². The lowest BCUT2D eigenvalue weighted by molar-refractivity contribution is 0.302. The second kappa shape index (κ2) is 6.85. The molecule has 0 spiro atoms. The fourth-order valence-electron chi connectivity index (χ4n) is 2.00. The molecule has 0 saturated carbocycles. The van der Waals surface area contributed by atoms with Crippen LogP contribution in [-0.4, -0.2) is 39.8 Å². The Balaban J connectivity index is 2.31. The Labute approximate surface area is 123 Å². The van der Waals surface area contributed by atoms with Gasteiger partial charge in [-0.15, -0.1) is 0 Å². The van der Waals surface area contributed by atoms with Gasteiger partial charge in [0.15, 0.2) is 11.6 Å². The molecular formula is C14H20N6O. The molecule has 0 saturated heterocycles. The molecule has 0 amide bonds. The molecule has 112 valence electrons. The van der Waals surface area contributed by atoms with E-state index in [1.807, 2.05) is 30.9 Å². The molecule has 0 atom stereocenters. The molecule has 0 unspecified atom stereocenters. The Hall–Kier alpha value is -2.41. The number of nitrogens with one attached hydrogen (secondary N) is 1. The van der Waals surface area contributed by atoms with Crippen molar-refractivity contribution in [3.8, 4) is 0 Å². The van der Waals surface area contributed by atoms with Gasteiger partial charge in [-0.3, -0.25) is 0 Å². The fraction of sp³-hybridized carbons (Fsp3) is 0.357. The first-order chi connectivity index (χ1) is 10.2. The van der Waals surface area contributed by atoms with Crippen LogP contribution in [0.1, 0.15) is 12.5 Å². The Bertz CT molecular complexity index is 604. The van der Waals surface area contributed by atoms with Crippen molar-refractivity contribution >= 4 is 23.1 Å². The number of aromatic nitrogens is 3. The molecule has 0 radical (unpaired) electrons. The number of pyridine rings is 1. The van der Waals surface area contributed by atoms with Crippen LogP contribution in [0.3, 0.4) is 0 Å². The minimum absolute atomic E-state index is 0.0411. The Kier molecular flexibility index (Phi) is 4.89. The summed E-state index contributed by atoms with van der Waals surface area (Å²) in [5, 5.41) is 12.2. The quantitative estimate of drug-likeness (QED) is 0.737. The third kappa shape index (κ3) is 3.38. The highest BCUT2D eigenvalue weighted by Crippen LogP contribution is 2.28. The van der Waals surface area contributed by atoms with Crippen molar-refractivity contribution in [2.45, 2.75) is 13.8 Å². The van der Waals surface area contributed by atoms with Crippen LogP contribution in [0.25, 0.3) is 0 Å². The zero-order valence-corrected chi connectivity index (χ0v) is 12.2. The summed E-state index contributed by atoms with van der Waals surface area (Å²) in [6.07, 6.45) is 3.16. The molecule has 0 aliphatic heterocycles. The highest BCUT2D eigenvalue weighted by molar-refractivity contribution is 5.78. The van der Waals surface area contributed by atoms with E-state index < -0.39 is 0 Å². The van der Waals surface area contributed by atoms with Crippen LogP contribution in [0.5, 0.6) is 0 Å². The second-order valence-corrected chi connectivity index (χ2v) is 4.56. The SMILES string of the molecule is CCN(CCO)c1ncnc(Nc2ncccc2C)c1N. The summed E-state index contributed by atoms with van der Waals surface area (Å²) in [4.78, 5) is 14.5. The molecule has 0 aliphatic rings. The fourth-order valence-corrected chi connectivity index (χ4v) is 2.00. The minimum atomic E-state index is 0.0411. The third-order valence-corrected chi connectivity index (χ3v) is 3.16. The lowest BCUT2D eigenvalue weighted by Gasteiger charge is -2.23. The first-order valence-corrected chi connectivity index (χ1v) is 6.82. The molecule has 0 bridgehead atoms. The van der Waals surface area contributed by atoms with Gasteiger partial charge in [0.2, 0.25) is 0 Å². The van der Waals surface area contributed by atoms with E-state index >= 15 is 0 Å². The van der Waals surface area contributed by atoms with E-state index in [-0.39, 0.29) is 6.61 Å². The topological polar surface area (TPSA) is 100 Å². The van der Waals surface area contributed by atoms with Crippen LogP contribution < -0.4 is 16.0 Å². The zero-order chi connectivity index (χ0) is 15.2. The van der Waals surface area contributed by atoms with E-state index in [1.165, 1.54) is 6.33 Å². The second-order valence-electron chi connectivity index (χ2n) is 4.56. The van der Waals surface area contributed by atoms with Crippen LogP contribution in [0.2, 0.25) is 0 Å². The van der Waals surface area contributed by atoms with Crippen LogP contribution in [0.15, 0.2) is 24.7 Å². The lowest BCUT2D eigenvalue weighted by Crippen LogP contribution is -2.28. The standard InChI is InChI=1S/C14H20N6O/c1-3-20(7-8-21)14-11(15)13(17-9-18-14)19-12-10(2)5-4-6-16-12/h4-6,9,21H,3,7-8,15H2,1-2H3,(H,16,17,18,19). The van der Waals surface area contributed by atoms with Gasteiger partial charge in [0.05, 0.1) is 6.61 Å². The normalized spacial score (nSPS) is 10.4. The van der Waals surface area contributed by atoms with Crippen molar-refractivity contribution in [2.75, 3.05) is 35.6 Å². The maximum absolute atomic E-state index is 9.11. The number of hydrogen-bond acceptors (Lipinski definition) is 7. The molecule has 2 aromatic rings. The summed E-state index contributed by atoms with van der Waals surface area (Å²) < 4.78 is 0. The molecule has 0 fully saturated rings. The number of aliphatic hydroxyl groups excluding tert-OH is 1. The molecule has 0 aliphatic carbocycles. The van der Waals surface area contributed by atoms with Crippen LogP contribution in [0, 0.1) is 6.92 Å². The smallest absolute Gasteiger partial charge is 0.160 e. The van der Waals surface area contributed by atoms with Gasteiger partial charge in [-0.05, 0) is 25.5 Å². The number of rotatable bonds is 6. The van der Waals surface area contributed by atoms with Crippen molar-refractivity contribution < 1.29 is 5.11 Å². The number of aryl methyl sites for hydroxylation is 1. The number of aliphatic hydroxyl groups is 1. The molecule has 7 heteroatoms. The van der Waals surface area contributed by atoms with E-state index in [0.717, 1.165) is 5.56 Å². The van der Waals surface area contributed by atoms with Crippen molar-refractivity contribution in [3.63, 3.8) is 0 Å². The van der Waals surface area contributed by atoms with Crippen LogP contribution >= 0.6 is 0 Å². The van der Waals surface area contributed by atoms with Gasteiger partial charge >= 0.3 is 0 Å². The van der Waals surface area contributed by atoms with Gasteiger partial charge in [0, 0.05) is 19.3 Å². The van der Waals surface area contributed by atoms with Crippen molar-refractivity contribution in [3.05, 3.63) is 30.2 Å². The zero-order valence-electron chi connectivity index (χ0n) is 12.2. The van der Waals surface area contributed by atoms with E-state index in [1.54, 1.807) is 6.20 Å².